The van der Waals surface area contributed by atoms with E-state index in [1.165, 1.54) is 0 Å². The summed E-state index contributed by atoms with van der Waals surface area (Å²) in [6.45, 7) is 2.36. The molecule has 3 rings (SSSR count). The molecule has 29 heavy (non-hydrogen) atoms. The first-order chi connectivity index (χ1) is 14.0. The first-order valence-corrected chi connectivity index (χ1v) is 10.3. The molecule has 3 aromatic carbocycles. The van der Waals surface area contributed by atoms with Crippen molar-refractivity contribution in [2.75, 3.05) is 17.2 Å². The zero-order valence-corrected chi connectivity index (χ0v) is 18.5. The van der Waals surface area contributed by atoms with Gasteiger partial charge >= 0.3 is 0 Å². The first-order valence-electron chi connectivity index (χ1n) is 8.88. The summed E-state index contributed by atoms with van der Waals surface area (Å²) in [6.07, 6.45) is 0. The zero-order valence-electron chi connectivity index (χ0n) is 15.5. The van der Waals surface area contributed by atoms with E-state index >= 15 is 0 Å². The van der Waals surface area contributed by atoms with Crippen molar-refractivity contribution >= 4 is 57.4 Å². The van der Waals surface area contributed by atoms with Gasteiger partial charge in [0.15, 0.2) is 0 Å². The number of ether oxygens (including phenoxy) is 1. The van der Waals surface area contributed by atoms with E-state index in [4.69, 9.17) is 16.3 Å². The van der Waals surface area contributed by atoms with Crippen LogP contribution in [0.5, 0.6) is 5.75 Å². The molecule has 0 saturated carbocycles. The summed E-state index contributed by atoms with van der Waals surface area (Å²) in [5.74, 6) is -0.165. The normalized spacial score (nSPS) is 10.3. The predicted octanol–water partition coefficient (Wildman–Crippen LogP) is 5.85. The summed E-state index contributed by atoms with van der Waals surface area (Å²) in [5, 5.41) is 5.98. The molecule has 0 aliphatic heterocycles. The molecule has 0 heterocycles. The lowest BCUT2D eigenvalue weighted by Gasteiger charge is -2.14. The molecule has 148 valence electrons. The number of benzene rings is 3. The van der Waals surface area contributed by atoms with E-state index in [-0.39, 0.29) is 11.8 Å². The molecule has 0 aliphatic rings. The van der Waals surface area contributed by atoms with Gasteiger partial charge in [-0.15, -0.1) is 0 Å². The Balaban J connectivity index is 1.88. The summed E-state index contributed by atoms with van der Waals surface area (Å²) in [5.41, 5.74) is 1.62. The van der Waals surface area contributed by atoms with E-state index in [2.05, 4.69) is 33.2 Å². The second kappa shape index (κ2) is 9.76. The van der Waals surface area contributed by atoms with Crippen molar-refractivity contribution in [3.63, 3.8) is 0 Å². The van der Waals surface area contributed by atoms with Gasteiger partial charge in [-0.25, -0.2) is 0 Å². The van der Waals surface area contributed by atoms with Gasteiger partial charge in [-0.1, -0.05) is 35.9 Å². The van der Waals surface area contributed by atoms with Gasteiger partial charge in [0.25, 0.3) is 11.8 Å². The van der Waals surface area contributed by atoms with Crippen LogP contribution in [-0.2, 0) is 0 Å². The minimum atomic E-state index is -0.388. The van der Waals surface area contributed by atoms with Gasteiger partial charge in [0.1, 0.15) is 5.75 Å². The number of para-hydroxylation sites is 2. The Labute approximate surface area is 187 Å². The zero-order chi connectivity index (χ0) is 20.8. The third-order valence-corrected chi connectivity index (χ3v) is 5.03. The number of hydrogen-bond donors (Lipinski definition) is 2. The molecule has 0 aromatic heterocycles. The van der Waals surface area contributed by atoms with Gasteiger partial charge in [0.05, 0.1) is 34.1 Å². The smallest absolute Gasteiger partial charge is 0.257 e. The Morgan fingerprint density at radius 2 is 1.55 bits per heavy atom. The summed E-state index contributed by atoms with van der Waals surface area (Å²) < 4.78 is 6.43. The Hall–Kier alpha value is -2.58. The molecule has 0 bridgehead atoms. The molecule has 0 atom stereocenters. The van der Waals surface area contributed by atoms with E-state index in [9.17, 15) is 9.59 Å². The lowest BCUT2D eigenvalue weighted by Crippen LogP contribution is -2.19. The summed E-state index contributed by atoms with van der Waals surface area (Å²) in [7, 11) is 0. The summed E-state index contributed by atoms with van der Waals surface area (Å²) in [4.78, 5) is 25.6. The fourth-order valence-corrected chi connectivity index (χ4v) is 3.40. The Kier molecular flexibility index (Phi) is 7.11. The molecule has 0 spiro atoms. The third-order valence-electron chi connectivity index (χ3n) is 4.03. The molecule has 2 N–H and O–H groups in total. The number of carbonyl (C=O) groups is 2. The number of amides is 2. The van der Waals surface area contributed by atoms with Gasteiger partial charge in [0, 0.05) is 3.57 Å². The van der Waals surface area contributed by atoms with Gasteiger partial charge in [-0.3, -0.25) is 9.59 Å². The lowest BCUT2D eigenvalue weighted by molar-refractivity contribution is 0.102. The van der Waals surface area contributed by atoms with Crippen LogP contribution >= 0.6 is 34.2 Å². The maximum atomic E-state index is 13.0. The fourth-order valence-electron chi connectivity index (χ4n) is 2.69. The lowest BCUT2D eigenvalue weighted by atomic mass is 10.1. The highest BCUT2D eigenvalue weighted by Crippen LogP contribution is 2.27. The van der Waals surface area contributed by atoms with Crippen LogP contribution in [0, 0.1) is 3.57 Å². The molecule has 3 aromatic rings. The topological polar surface area (TPSA) is 67.4 Å². The van der Waals surface area contributed by atoms with E-state index in [0.29, 0.717) is 39.9 Å². The van der Waals surface area contributed by atoms with E-state index in [1.807, 2.05) is 25.1 Å². The van der Waals surface area contributed by atoms with Gasteiger partial charge in [-0.2, -0.15) is 0 Å². The number of hydrogen-bond acceptors (Lipinski definition) is 3. The number of nitrogens with one attached hydrogen (secondary N) is 2. The number of carbonyl (C=O) groups excluding carboxylic acids is 2. The Morgan fingerprint density at radius 3 is 2.31 bits per heavy atom. The quantitative estimate of drug-likeness (QED) is 0.401. The van der Waals surface area contributed by atoms with Crippen molar-refractivity contribution in [2.45, 2.75) is 6.92 Å². The molecule has 0 radical (unpaired) electrons. The molecule has 0 aliphatic carbocycles. The SMILES string of the molecule is CCOc1ccccc1NC(=O)c1cc(I)ccc1NC(=O)c1ccccc1Cl. The highest BCUT2D eigenvalue weighted by molar-refractivity contribution is 14.1. The van der Waals surface area contributed by atoms with Crippen molar-refractivity contribution in [3.8, 4) is 5.75 Å². The Bertz CT molecular complexity index is 1060. The second-order valence-electron chi connectivity index (χ2n) is 6.01. The van der Waals surface area contributed by atoms with Crippen LogP contribution in [0.2, 0.25) is 5.02 Å². The molecule has 0 saturated heterocycles. The fraction of sp³-hybridized carbons (Fsp3) is 0.0909. The molecule has 0 fully saturated rings. The Morgan fingerprint density at radius 1 is 0.897 bits per heavy atom. The van der Waals surface area contributed by atoms with E-state index in [1.54, 1.807) is 48.5 Å². The molecule has 0 unspecified atom stereocenters. The molecular formula is C22H18ClIN2O3. The van der Waals surface area contributed by atoms with E-state index < -0.39 is 0 Å². The van der Waals surface area contributed by atoms with Gasteiger partial charge < -0.3 is 15.4 Å². The standard InChI is InChI=1S/C22H18ClIN2O3/c1-2-29-20-10-6-5-9-19(20)26-22(28)16-13-14(24)11-12-18(16)25-21(27)15-7-3-4-8-17(15)23/h3-13H,2H2,1H3,(H,25,27)(H,26,28). The van der Waals surface area contributed by atoms with Crippen molar-refractivity contribution in [1.82, 2.24) is 0 Å². The van der Waals surface area contributed by atoms with Crippen LogP contribution in [-0.4, -0.2) is 18.4 Å². The number of rotatable bonds is 6. The predicted molar refractivity (Wildman–Crippen MR) is 124 cm³/mol. The van der Waals surface area contributed by atoms with Gasteiger partial charge in [0.2, 0.25) is 0 Å². The summed E-state index contributed by atoms with van der Waals surface area (Å²) in [6, 6.07) is 19.2. The maximum Gasteiger partial charge on any atom is 0.257 e. The summed E-state index contributed by atoms with van der Waals surface area (Å²) >= 11 is 8.23. The molecule has 2 amide bonds. The van der Waals surface area contributed by atoms with Crippen molar-refractivity contribution < 1.29 is 14.3 Å². The third kappa shape index (κ3) is 5.27. The monoisotopic (exact) mass is 520 g/mol. The van der Waals surface area contributed by atoms with Crippen LogP contribution in [0.25, 0.3) is 0 Å². The van der Waals surface area contributed by atoms with Gasteiger partial charge in [-0.05, 0) is 72.0 Å². The van der Waals surface area contributed by atoms with Crippen molar-refractivity contribution in [3.05, 3.63) is 86.4 Å². The average Bonchev–Trinajstić information content (AvgIpc) is 2.71. The van der Waals surface area contributed by atoms with Crippen LogP contribution < -0.4 is 15.4 Å². The largest absolute Gasteiger partial charge is 0.492 e. The highest BCUT2D eigenvalue weighted by Gasteiger charge is 2.17. The van der Waals surface area contributed by atoms with Crippen LogP contribution in [0.15, 0.2) is 66.7 Å². The van der Waals surface area contributed by atoms with Crippen LogP contribution in [0.4, 0.5) is 11.4 Å². The minimum absolute atomic E-state index is 0.334. The second-order valence-corrected chi connectivity index (χ2v) is 7.66. The van der Waals surface area contributed by atoms with Crippen LogP contribution in [0.3, 0.4) is 0 Å². The highest BCUT2D eigenvalue weighted by atomic mass is 127. The minimum Gasteiger partial charge on any atom is -0.492 e. The van der Waals surface area contributed by atoms with E-state index in [0.717, 1.165) is 3.57 Å². The number of anilines is 2. The van der Waals surface area contributed by atoms with Crippen LogP contribution in [0.1, 0.15) is 27.6 Å². The first kappa shape index (κ1) is 21.1. The molecular weight excluding hydrogens is 503 g/mol. The maximum absolute atomic E-state index is 13.0. The average molecular weight is 521 g/mol. The van der Waals surface area contributed by atoms with Crippen molar-refractivity contribution in [2.24, 2.45) is 0 Å². The molecule has 5 nitrogen and oxygen atoms in total. The molecule has 7 heteroatoms. The van der Waals surface area contributed by atoms with Crippen molar-refractivity contribution in [1.29, 1.82) is 0 Å². The number of halogens is 2.